The van der Waals surface area contributed by atoms with Gasteiger partial charge in [-0.3, -0.25) is 10.1 Å². The number of fused-ring (bicyclic) bond motifs is 3. The van der Waals surface area contributed by atoms with Crippen molar-refractivity contribution in [2.24, 2.45) is 0 Å². The van der Waals surface area contributed by atoms with E-state index in [1.54, 1.807) is 36.0 Å². The minimum atomic E-state index is -1.11. The van der Waals surface area contributed by atoms with Crippen LogP contribution in [0.1, 0.15) is 21.6 Å². The van der Waals surface area contributed by atoms with E-state index in [1.165, 1.54) is 12.1 Å². The van der Waals surface area contributed by atoms with E-state index in [2.05, 4.69) is 4.98 Å². The van der Waals surface area contributed by atoms with Gasteiger partial charge < -0.3 is 14.4 Å². The number of hydrogen-bond acceptors (Lipinski definition) is 5. The molecular formula is C27H19N3O5. The second-order valence-corrected chi connectivity index (χ2v) is 7.83. The molecule has 8 nitrogen and oxygen atoms in total. The van der Waals surface area contributed by atoms with E-state index in [0.717, 1.165) is 16.5 Å². The molecule has 3 aromatic rings. The molecule has 0 saturated carbocycles. The van der Waals surface area contributed by atoms with Gasteiger partial charge in [-0.2, -0.15) is 0 Å². The normalized spacial score (nSPS) is 11.3. The van der Waals surface area contributed by atoms with Gasteiger partial charge in [-0.15, -0.1) is 0 Å². The van der Waals surface area contributed by atoms with Crippen LogP contribution in [0.25, 0.3) is 40.1 Å². The van der Waals surface area contributed by atoms with Crippen molar-refractivity contribution in [1.82, 2.24) is 9.55 Å². The number of methoxy groups -OCH3 is 1. The smallest absolute Gasteiger partial charge is 0.337 e. The number of rotatable bonds is 6. The number of carboxylic acids is 1. The van der Waals surface area contributed by atoms with Crippen LogP contribution in [-0.4, -0.2) is 32.7 Å². The minimum Gasteiger partial charge on any atom is -0.497 e. The number of nitro benzene ring substituents is 1. The summed E-state index contributed by atoms with van der Waals surface area (Å²) in [5.41, 5.74) is 3.81. The first-order chi connectivity index (χ1) is 17.0. The molecule has 2 aliphatic rings. The fraction of sp³-hybridized carbons (Fsp3) is 0.0370. The van der Waals surface area contributed by atoms with Gasteiger partial charge in [-0.1, -0.05) is 36.4 Å². The Bertz CT molecular complexity index is 1570. The Hall–Kier alpha value is -4.98. The highest BCUT2D eigenvalue weighted by atomic mass is 16.6. The minimum absolute atomic E-state index is 0.0548. The molecule has 0 aromatic heterocycles. The Kier molecular flexibility index (Phi) is 5.46. The molecule has 2 aliphatic heterocycles. The maximum atomic E-state index is 12.3. The molecule has 5 rings (SSSR count). The molecule has 0 amide bonds. The maximum Gasteiger partial charge on any atom is 0.337 e. The average molecular weight is 465 g/mol. The first-order valence-corrected chi connectivity index (χ1v) is 10.7. The highest BCUT2D eigenvalue weighted by molar-refractivity contribution is 6.01. The maximum absolute atomic E-state index is 12.3. The third-order valence-corrected chi connectivity index (χ3v) is 5.76. The van der Waals surface area contributed by atoms with Crippen LogP contribution in [0.15, 0.2) is 78.9 Å². The predicted molar refractivity (Wildman–Crippen MR) is 133 cm³/mol. The van der Waals surface area contributed by atoms with E-state index in [4.69, 9.17) is 4.74 Å². The van der Waals surface area contributed by atoms with Crippen molar-refractivity contribution in [3.8, 4) is 22.8 Å². The summed E-state index contributed by atoms with van der Waals surface area (Å²) in [6.45, 7) is 0. The summed E-state index contributed by atoms with van der Waals surface area (Å²) >= 11 is 0. The molecule has 0 aliphatic carbocycles. The number of pyridine rings is 1. The summed E-state index contributed by atoms with van der Waals surface area (Å²) in [5.74, 6) is -0.394. The summed E-state index contributed by atoms with van der Waals surface area (Å²) in [7, 11) is 1.59. The Morgan fingerprint density at radius 3 is 2.40 bits per heavy atom. The Labute approximate surface area is 199 Å². The number of hydrogen-bond donors (Lipinski definition) is 1. The van der Waals surface area contributed by atoms with Crippen molar-refractivity contribution in [3.05, 3.63) is 106 Å². The van der Waals surface area contributed by atoms with Crippen LogP contribution in [0.2, 0.25) is 0 Å². The van der Waals surface area contributed by atoms with Crippen molar-refractivity contribution in [2.75, 3.05) is 7.11 Å². The molecule has 3 aromatic carbocycles. The zero-order chi connectivity index (χ0) is 24.5. The SMILES string of the molecule is COc1ccc(/C=C/c2c(C(=O)O)cc3nc4ccccc4c-3n2-c2ccc([N+](=O)[O-])cc2)cc1. The van der Waals surface area contributed by atoms with Crippen molar-refractivity contribution < 1.29 is 19.6 Å². The predicted octanol–water partition coefficient (Wildman–Crippen LogP) is 5.92. The number of para-hydroxylation sites is 1. The van der Waals surface area contributed by atoms with Crippen LogP contribution in [-0.2, 0) is 0 Å². The van der Waals surface area contributed by atoms with Crippen LogP contribution in [0, 0.1) is 10.1 Å². The van der Waals surface area contributed by atoms with Gasteiger partial charge >= 0.3 is 5.97 Å². The molecule has 0 bridgehead atoms. The summed E-state index contributed by atoms with van der Waals surface area (Å²) in [5, 5.41) is 22.1. The lowest BCUT2D eigenvalue weighted by Gasteiger charge is -2.19. The van der Waals surface area contributed by atoms with Gasteiger partial charge in [0, 0.05) is 23.2 Å². The number of nitro groups is 1. The van der Waals surface area contributed by atoms with E-state index in [1.807, 2.05) is 54.6 Å². The van der Waals surface area contributed by atoms with E-state index >= 15 is 0 Å². The summed E-state index contributed by atoms with van der Waals surface area (Å²) < 4.78 is 6.99. The summed E-state index contributed by atoms with van der Waals surface area (Å²) in [4.78, 5) is 27.7. The molecule has 8 heteroatoms. The second kappa shape index (κ2) is 8.75. The standard InChI is InChI=1S/C27H19N3O5/c1-35-20-13-6-17(7-14-20)8-15-25-22(27(31)32)16-24-26(21-4-2-3-5-23(21)28-24)29(25)18-9-11-19(12-10-18)30(33)34/h2-16H,1H3,(H,31,32)/b15-8+. The molecule has 0 fully saturated rings. The number of nitrogens with zero attached hydrogens (tertiary/aromatic N) is 3. The highest BCUT2D eigenvalue weighted by Crippen LogP contribution is 2.37. The van der Waals surface area contributed by atoms with Crippen LogP contribution in [0.5, 0.6) is 5.75 Å². The second-order valence-electron chi connectivity index (χ2n) is 7.83. The number of benzene rings is 3. The fourth-order valence-electron chi connectivity index (χ4n) is 4.10. The number of carbonyl (C=O) groups is 1. The topological polar surface area (TPSA) is 107 Å². The molecule has 0 spiro atoms. The lowest BCUT2D eigenvalue weighted by Crippen LogP contribution is -2.12. The van der Waals surface area contributed by atoms with Gasteiger partial charge in [0.25, 0.3) is 5.69 Å². The molecule has 0 radical (unpaired) electrons. The lowest BCUT2D eigenvalue weighted by atomic mass is 10.0. The van der Waals surface area contributed by atoms with Gasteiger partial charge in [0.1, 0.15) is 5.75 Å². The number of non-ortho nitro benzene ring substituents is 1. The van der Waals surface area contributed by atoms with Crippen LogP contribution < -0.4 is 4.74 Å². The third-order valence-electron chi connectivity index (χ3n) is 5.76. The molecule has 35 heavy (non-hydrogen) atoms. The molecule has 0 unspecified atom stereocenters. The van der Waals surface area contributed by atoms with Crippen molar-refractivity contribution in [1.29, 1.82) is 0 Å². The van der Waals surface area contributed by atoms with E-state index in [-0.39, 0.29) is 11.3 Å². The van der Waals surface area contributed by atoms with E-state index in [9.17, 15) is 20.0 Å². The van der Waals surface area contributed by atoms with Gasteiger partial charge in [-0.25, -0.2) is 9.78 Å². The molecule has 1 N–H and O–H groups in total. The van der Waals surface area contributed by atoms with Crippen LogP contribution >= 0.6 is 0 Å². The number of aromatic nitrogens is 2. The summed E-state index contributed by atoms with van der Waals surface area (Å²) in [6.07, 6.45) is 3.54. The number of ether oxygens (including phenoxy) is 1. The van der Waals surface area contributed by atoms with Gasteiger partial charge in [0.2, 0.25) is 0 Å². The largest absolute Gasteiger partial charge is 0.497 e. The van der Waals surface area contributed by atoms with Crippen LogP contribution in [0.4, 0.5) is 5.69 Å². The van der Waals surface area contributed by atoms with Gasteiger partial charge in [0.15, 0.2) is 0 Å². The van der Waals surface area contributed by atoms with Crippen LogP contribution in [0.3, 0.4) is 0 Å². The van der Waals surface area contributed by atoms with Crippen molar-refractivity contribution in [2.45, 2.75) is 0 Å². The third kappa shape index (κ3) is 3.97. The van der Waals surface area contributed by atoms with Crippen molar-refractivity contribution in [3.63, 3.8) is 0 Å². The Morgan fingerprint density at radius 1 is 1.03 bits per heavy atom. The Morgan fingerprint density at radius 2 is 1.74 bits per heavy atom. The highest BCUT2D eigenvalue weighted by Gasteiger charge is 2.24. The molecule has 172 valence electrons. The lowest BCUT2D eigenvalue weighted by molar-refractivity contribution is -0.384. The van der Waals surface area contributed by atoms with E-state index < -0.39 is 10.9 Å². The van der Waals surface area contributed by atoms with Gasteiger partial charge in [-0.05, 0) is 48.0 Å². The summed E-state index contributed by atoms with van der Waals surface area (Å²) in [6, 6.07) is 22.5. The molecular weight excluding hydrogens is 446 g/mol. The first kappa shape index (κ1) is 21.8. The Balaban J connectivity index is 1.81. The number of carboxylic acid groups (broad SMARTS) is 1. The molecule has 0 atom stereocenters. The van der Waals surface area contributed by atoms with E-state index in [0.29, 0.717) is 28.5 Å². The zero-order valence-corrected chi connectivity index (χ0v) is 18.6. The van der Waals surface area contributed by atoms with Crippen molar-refractivity contribution >= 4 is 34.7 Å². The quantitative estimate of drug-likeness (QED) is 0.247. The number of aromatic carboxylic acids is 1. The van der Waals surface area contributed by atoms with Gasteiger partial charge in [0.05, 0.1) is 40.2 Å². The average Bonchev–Trinajstić information content (AvgIpc) is 3.25. The monoisotopic (exact) mass is 465 g/mol. The zero-order valence-electron chi connectivity index (χ0n) is 18.6. The fourth-order valence-corrected chi connectivity index (χ4v) is 4.10. The molecule has 2 heterocycles. The first-order valence-electron chi connectivity index (χ1n) is 10.7. The molecule has 0 saturated heterocycles.